The standard InChI is InChI=1S/C11H11N3O2/c1-6-7(3-2-4-8(6)12)9-5-10(15)14-11(16)13-9/h2-5H,12H2,1H3,(H2,13,14,15,16). The fourth-order valence-corrected chi connectivity index (χ4v) is 1.56. The molecule has 0 saturated carbocycles. The third-order valence-corrected chi connectivity index (χ3v) is 2.43. The quantitative estimate of drug-likeness (QED) is 0.611. The molecule has 1 aromatic heterocycles. The molecule has 0 unspecified atom stereocenters. The van der Waals surface area contributed by atoms with Gasteiger partial charge >= 0.3 is 5.69 Å². The van der Waals surface area contributed by atoms with Crippen LogP contribution in [0.3, 0.4) is 0 Å². The zero-order valence-corrected chi connectivity index (χ0v) is 8.70. The number of H-pyrrole nitrogens is 2. The van der Waals surface area contributed by atoms with E-state index in [1.54, 1.807) is 18.2 Å². The van der Waals surface area contributed by atoms with E-state index in [4.69, 9.17) is 5.73 Å². The Bertz CT molecular complexity index is 612. The number of benzene rings is 1. The van der Waals surface area contributed by atoms with Crippen molar-refractivity contribution in [3.8, 4) is 11.3 Å². The van der Waals surface area contributed by atoms with E-state index in [1.807, 2.05) is 6.92 Å². The van der Waals surface area contributed by atoms with Crippen LogP contribution < -0.4 is 17.0 Å². The minimum absolute atomic E-state index is 0.430. The molecule has 1 aromatic carbocycles. The van der Waals surface area contributed by atoms with Crippen LogP contribution in [-0.4, -0.2) is 9.97 Å². The Morgan fingerprint density at radius 2 is 1.94 bits per heavy atom. The fourth-order valence-electron chi connectivity index (χ4n) is 1.56. The zero-order valence-electron chi connectivity index (χ0n) is 8.70. The van der Waals surface area contributed by atoms with Gasteiger partial charge in [-0.15, -0.1) is 0 Å². The van der Waals surface area contributed by atoms with Crippen LogP contribution in [0.2, 0.25) is 0 Å². The molecule has 0 aliphatic carbocycles. The van der Waals surface area contributed by atoms with E-state index in [-0.39, 0.29) is 0 Å². The van der Waals surface area contributed by atoms with Gasteiger partial charge in [0, 0.05) is 17.3 Å². The molecule has 2 aromatic rings. The van der Waals surface area contributed by atoms with Crippen molar-refractivity contribution in [1.82, 2.24) is 9.97 Å². The van der Waals surface area contributed by atoms with Crippen molar-refractivity contribution in [1.29, 1.82) is 0 Å². The molecule has 1 heterocycles. The van der Waals surface area contributed by atoms with E-state index in [0.29, 0.717) is 11.4 Å². The average molecular weight is 217 g/mol. The number of nitrogen functional groups attached to an aromatic ring is 1. The van der Waals surface area contributed by atoms with Crippen molar-refractivity contribution in [3.05, 3.63) is 50.7 Å². The summed E-state index contributed by atoms with van der Waals surface area (Å²) in [5, 5.41) is 0. The summed E-state index contributed by atoms with van der Waals surface area (Å²) < 4.78 is 0. The Balaban J connectivity index is 2.72. The van der Waals surface area contributed by atoms with Crippen molar-refractivity contribution in [2.45, 2.75) is 6.92 Å². The summed E-state index contributed by atoms with van der Waals surface area (Å²) in [5.41, 5.74) is 7.49. The van der Waals surface area contributed by atoms with Crippen LogP contribution in [-0.2, 0) is 0 Å². The largest absolute Gasteiger partial charge is 0.398 e. The molecular formula is C11H11N3O2. The summed E-state index contributed by atoms with van der Waals surface area (Å²) >= 11 is 0. The Morgan fingerprint density at radius 3 is 2.62 bits per heavy atom. The average Bonchev–Trinajstić information content (AvgIpc) is 2.20. The molecule has 82 valence electrons. The van der Waals surface area contributed by atoms with Crippen LogP contribution in [0, 0.1) is 6.92 Å². The van der Waals surface area contributed by atoms with Gasteiger partial charge in [0.05, 0.1) is 5.69 Å². The molecule has 0 amide bonds. The predicted molar refractivity (Wildman–Crippen MR) is 62.3 cm³/mol. The maximum absolute atomic E-state index is 11.2. The van der Waals surface area contributed by atoms with E-state index in [1.165, 1.54) is 6.07 Å². The first-order chi connectivity index (χ1) is 7.58. The summed E-state index contributed by atoms with van der Waals surface area (Å²) in [4.78, 5) is 27.0. The highest BCUT2D eigenvalue weighted by Gasteiger charge is 2.05. The molecule has 0 spiro atoms. The molecule has 4 N–H and O–H groups in total. The number of rotatable bonds is 1. The van der Waals surface area contributed by atoms with Crippen LogP contribution in [0.1, 0.15) is 5.56 Å². The molecule has 0 atom stereocenters. The lowest BCUT2D eigenvalue weighted by Crippen LogP contribution is -2.21. The number of aromatic amines is 2. The maximum atomic E-state index is 11.2. The molecule has 16 heavy (non-hydrogen) atoms. The molecule has 0 radical (unpaired) electrons. The Morgan fingerprint density at radius 1 is 1.19 bits per heavy atom. The lowest BCUT2D eigenvalue weighted by Gasteiger charge is -2.07. The van der Waals surface area contributed by atoms with E-state index >= 15 is 0 Å². The van der Waals surface area contributed by atoms with Gasteiger partial charge in [-0.1, -0.05) is 12.1 Å². The second-order valence-corrected chi connectivity index (χ2v) is 3.52. The predicted octanol–water partition coefficient (Wildman–Crippen LogP) is 0.621. The molecule has 5 heteroatoms. The first kappa shape index (κ1) is 10.2. The van der Waals surface area contributed by atoms with Crippen LogP contribution in [0.4, 0.5) is 5.69 Å². The van der Waals surface area contributed by atoms with Crippen molar-refractivity contribution in [3.63, 3.8) is 0 Å². The second kappa shape index (κ2) is 3.69. The minimum atomic E-state index is -0.524. The number of aromatic nitrogens is 2. The molecule has 5 nitrogen and oxygen atoms in total. The lowest BCUT2D eigenvalue weighted by atomic mass is 10.0. The van der Waals surface area contributed by atoms with Crippen molar-refractivity contribution in [2.24, 2.45) is 0 Å². The number of hydrogen-bond acceptors (Lipinski definition) is 3. The number of anilines is 1. The molecule has 0 aliphatic rings. The summed E-state index contributed by atoms with van der Waals surface area (Å²) in [6.45, 7) is 1.84. The Labute approximate surface area is 91.0 Å². The van der Waals surface area contributed by atoms with E-state index in [9.17, 15) is 9.59 Å². The number of nitrogens with one attached hydrogen (secondary N) is 2. The normalized spacial score (nSPS) is 10.3. The van der Waals surface area contributed by atoms with Gasteiger partial charge in [0.1, 0.15) is 0 Å². The Kier molecular flexibility index (Phi) is 2.36. The smallest absolute Gasteiger partial charge is 0.326 e. The van der Waals surface area contributed by atoms with E-state index in [0.717, 1.165) is 11.1 Å². The molecule has 0 aliphatic heterocycles. The zero-order chi connectivity index (χ0) is 11.7. The fraction of sp³-hybridized carbons (Fsp3) is 0.0909. The number of nitrogens with two attached hydrogens (primary N) is 1. The van der Waals surface area contributed by atoms with Gasteiger partial charge < -0.3 is 10.7 Å². The molecular weight excluding hydrogens is 206 g/mol. The SMILES string of the molecule is Cc1c(N)cccc1-c1cc(=O)[nH]c(=O)[nH]1. The third-order valence-electron chi connectivity index (χ3n) is 2.43. The minimum Gasteiger partial charge on any atom is -0.398 e. The topological polar surface area (TPSA) is 91.7 Å². The highest BCUT2D eigenvalue weighted by Crippen LogP contribution is 2.23. The number of hydrogen-bond donors (Lipinski definition) is 3. The van der Waals surface area contributed by atoms with Crippen LogP contribution in [0.15, 0.2) is 33.9 Å². The first-order valence-corrected chi connectivity index (χ1v) is 4.77. The first-order valence-electron chi connectivity index (χ1n) is 4.77. The summed E-state index contributed by atoms with van der Waals surface area (Å²) in [6.07, 6.45) is 0. The van der Waals surface area contributed by atoms with Gasteiger partial charge in [-0.2, -0.15) is 0 Å². The van der Waals surface area contributed by atoms with Gasteiger partial charge in [-0.3, -0.25) is 9.78 Å². The van der Waals surface area contributed by atoms with Gasteiger partial charge in [0.15, 0.2) is 0 Å². The Hall–Kier alpha value is -2.30. The van der Waals surface area contributed by atoms with Gasteiger partial charge in [-0.25, -0.2) is 4.79 Å². The summed E-state index contributed by atoms with van der Waals surface area (Å²) in [6, 6.07) is 6.68. The van der Waals surface area contributed by atoms with Crippen LogP contribution in [0.5, 0.6) is 0 Å². The highest BCUT2D eigenvalue weighted by molar-refractivity contribution is 5.69. The maximum Gasteiger partial charge on any atom is 0.326 e. The molecule has 2 rings (SSSR count). The van der Waals surface area contributed by atoms with E-state index in [2.05, 4.69) is 9.97 Å². The van der Waals surface area contributed by atoms with Gasteiger partial charge in [0.2, 0.25) is 0 Å². The van der Waals surface area contributed by atoms with Crippen LogP contribution >= 0.6 is 0 Å². The van der Waals surface area contributed by atoms with Gasteiger partial charge in [-0.05, 0) is 18.6 Å². The van der Waals surface area contributed by atoms with Crippen molar-refractivity contribution >= 4 is 5.69 Å². The van der Waals surface area contributed by atoms with Crippen LogP contribution in [0.25, 0.3) is 11.3 Å². The lowest BCUT2D eigenvalue weighted by molar-refractivity contribution is 1.04. The second-order valence-electron chi connectivity index (χ2n) is 3.52. The van der Waals surface area contributed by atoms with E-state index < -0.39 is 11.2 Å². The van der Waals surface area contributed by atoms with Gasteiger partial charge in [0.25, 0.3) is 5.56 Å². The highest BCUT2D eigenvalue weighted by atomic mass is 16.2. The summed E-state index contributed by atoms with van der Waals surface area (Å²) in [7, 11) is 0. The molecule has 0 bridgehead atoms. The van der Waals surface area contributed by atoms with Crippen molar-refractivity contribution < 1.29 is 0 Å². The third kappa shape index (κ3) is 1.75. The molecule has 0 fully saturated rings. The monoisotopic (exact) mass is 217 g/mol. The van der Waals surface area contributed by atoms with Crippen molar-refractivity contribution in [2.75, 3.05) is 5.73 Å². The summed E-state index contributed by atoms with van der Waals surface area (Å²) in [5.74, 6) is 0. The molecule has 0 saturated heterocycles.